The monoisotopic (exact) mass is 712 g/mol. The molecule has 3 fully saturated rings. The Kier molecular flexibility index (Phi) is 6.92. The van der Waals surface area contributed by atoms with Gasteiger partial charge in [0.2, 0.25) is 11.8 Å². The van der Waals surface area contributed by atoms with Crippen LogP contribution in [0.5, 0.6) is 11.5 Å². The molecule has 2 aliphatic heterocycles. The van der Waals surface area contributed by atoms with Gasteiger partial charge in [0, 0.05) is 16.0 Å². The molecule has 2 saturated heterocycles. The number of allylic oxidation sites excluding steroid dienone is 2. The van der Waals surface area contributed by atoms with E-state index in [0.29, 0.717) is 15.7 Å². The lowest BCUT2D eigenvalue weighted by molar-refractivity contribution is -0.125. The van der Waals surface area contributed by atoms with Crippen LogP contribution in [0, 0.1) is 23.6 Å². The van der Waals surface area contributed by atoms with E-state index in [1.165, 1.54) is 25.3 Å². The van der Waals surface area contributed by atoms with Gasteiger partial charge in [-0.1, -0.05) is 45.8 Å². The Bertz CT molecular complexity index is 1840. The Morgan fingerprint density at radius 2 is 1.58 bits per heavy atom. The second-order valence-corrected chi connectivity index (χ2v) is 13.8. The fourth-order valence-corrected chi connectivity index (χ4v) is 8.93. The highest BCUT2D eigenvalue weighted by molar-refractivity contribution is 9.10. The van der Waals surface area contributed by atoms with Crippen molar-refractivity contribution in [3.05, 3.63) is 94.2 Å². The molecule has 0 radical (unpaired) electrons. The number of phenols is 1. The third-order valence-corrected chi connectivity index (χ3v) is 11.4. The molecule has 3 aromatic carbocycles. The summed E-state index contributed by atoms with van der Waals surface area (Å²) in [5.41, 5.74) is 1.14. The van der Waals surface area contributed by atoms with Crippen molar-refractivity contribution in [1.82, 2.24) is 0 Å². The average Bonchev–Trinajstić information content (AvgIpc) is 3.37. The van der Waals surface area contributed by atoms with Crippen LogP contribution in [-0.4, -0.2) is 45.6 Å². The number of aromatic hydroxyl groups is 1. The molecule has 12 heteroatoms. The summed E-state index contributed by atoms with van der Waals surface area (Å²) >= 11 is 18.2. The summed E-state index contributed by atoms with van der Waals surface area (Å²) in [6, 6.07) is 16.4. The Morgan fingerprint density at radius 1 is 0.911 bits per heavy atom. The Labute approximate surface area is 275 Å². The largest absolute Gasteiger partial charge is 0.504 e. The summed E-state index contributed by atoms with van der Waals surface area (Å²) in [4.78, 5) is 54.3. The highest BCUT2D eigenvalue weighted by Crippen LogP contribution is 2.67. The van der Waals surface area contributed by atoms with E-state index in [1.54, 1.807) is 42.5 Å². The maximum atomic E-state index is 14.5. The first-order valence-corrected chi connectivity index (χ1v) is 15.7. The van der Waals surface area contributed by atoms with Crippen molar-refractivity contribution < 1.29 is 33.4 Å². The molecule has 6 atom stereocenters. The number of para-hydroxylation sites is 1. The third-order valence-electron chi connectivity index (χ3n) is 9.51. The van der Waals surface area contributed by atoms with E-state index in [1.807, 2.05) is 0 Å². The molecule has 0 aromatic heterocycles. The lowest BCUT2D eigenvalue weighted by Gasteiger charge is -2.50. The second kappa shape index (κ2) is 10.4. The number of rotatable bonds is 4. The number of ether oxygens (including phenoxy) is 1. The molecule has 2 aliphatic carbocycles. The van der Waals surface area contributed by atoms with Gasteiger partial charge >= 0.3 is 0 Å². The third kappa shape index (κ3) is 4.01. The molecular formula is C33H24BrCl2FN2O6. The molecule has 7 rings (SSSR count). The number of hydrogen-bond donors (Lipinski definition) is 1. The summed E-state index contributed by atoms with van der Waals surface area (Å²) in [6.45, 7) is 0. The first-order chi connectivity index (χ1) is 21.4. The molecule has 2 heterocycles. The smallest absolute Gasteiger partial charge is 0.258 e. The normalized spacial score (nSPS) is 30.6. The number of phenolic OH excluding ortho intramolecular Hbond substituents is 1. The van der Waals surface area contributed by atoms with Crippen molar-refractivity contribution in [3.63, 3.8) is 0 Å². The summed E-state index contributed by atoms with van der Waals surface area (Å²) in [5.74, 6) is -7.01. The number of anilines is 2. The van der Waals surface area contributed by atoms with Gasteiger partial charge in [0.25, 0.3) is 11.8 Å². The molecule has 1 saturated carbocycles. The zero-order valence-corrected chi connectivity index (χ0v) is 26.6. The van der Waals surface area contributed by atoms with Crippen LogP contribution in [0.15, 0.2) is 82.9 Å². The van der Waals surface area contributed by atoms with E-state index in [2.05, 4.69) is 15.9 Å². The van der Waals surface area contributed by atoms with Gasteiger partial charge in [0.15, 0.2) is 21.2 Å². The molecule has 0 bridgehead atoms. The fourth-order valence-electron chi connectivity index (χ4n) is 7.55. The number of hydrogen-bond acceptors (Lipinski definition) is 6. The van der Waals surface area contributed by atoms with Crippen molar-refractivity contribution in [2.75, 3.05) is 16.9 Å². The van der Waals surface area contributed by atoms with E-state index in [-0.39, 0.29) is 41.5 Å². The highest BCUT2D eigenvalue weighted by Gasteiger charge is 2.77. The van der Waals surface area contributed by atoms with Crippen LogP contribution in [0.4, 0.5) is 15.8 Å². The number of carbonyl (C=O) groups is 4. The van der Waals surface area contributed by atoms with Crippen LogP contribution in [0.3, 0.4) is 0 Å². The minimum absolute atomic E-state index is 0.0628. The summed E-state index contributed by atoms with van der Waals surface area (Å²) in [7, 11) is 1.36. The molecule has 1 N–H and O–H groups in total. The van der Waals surface area contributed by atoms with Gasteiger partial charge in [0.05, 0.1) is 30.3 Å². The number of fused-ring (bicyclic) bond motifs is 4. The van der Waals surface area contributed by atoms with Crippen LogP contribution >= 0.6 is 39.1 Å². The number of nitrogens with zero attached hydrogens (tertiary/aromatic N) is 2. The molecule has 6 unspecified atom stereocenters. The van der Waals surface area contributed by atoms with E-state index in [4.69, 9.17) is 27.9 Å². The molecule has 45 heavy (non-hydrogen) atoms. The van der Waals surface area contributed by atoms with Crippen LogP contribution in [-0.2, 0) is 19.2 Å². The second-order valence-electron chi connectivity index (χ2n) is 11.6. The number of alkyl halides is 2. The van der Waals surface area contributed by atoms with E-state index < -0.39 is 57.0 Å². The zero-order valence-electron chi connectivity index (χ0n) is 23.5. The quantitative estimate of drug-likeness (QED) is 0.200. The van der Waals surface area contributed by atoms with Crippen LogP contribution in [0.2, 0.25) is 0 Å². The Hall–Kier alpha value is -3.73. The molecule has 230 valence electrons. The van der Waals surface area contributed by atoms with Gasteiger partial charge in [0.1, 0.15) is 5.82 Å². The maximum absolute atomic E-state index is 14.5. The number of imide groups is 2. The van der Waals surface area contributed by atoms with Crippen LogP contribution in [0.25, 0.3) is 0 Å². The molecule has 4 aliphatic rings. The van der Waals surface area contributed by atoms with E-state index >= 15 is 0 Å². The number of carbonyl (C=O) groups excluding carboxylic acids is 4. The summed E-state index contributed by atoms with van der Waals surface area (Å²) in [6.07, 6.45) is 1.71. The molecule has 4 amide bonds. The number of benzene rings is 3. The van der Waals surface area contributed by atoms with Crippen LogP contribution in [0.1, 0.15) is 24.3 Å². The van der Waals surface area contributed by atoms with Gasteiger partial charge in [-0.05, 0) is 67.3 Å². The van der Waals surface area contributed by atoms with Crippen molar-refractivity contribution >= 4 is 74.1 Å². The lowest BCUT2D eigenvalue weighted by atomic mass is 9.56. The van der Waals surface area contributed by atoms with E-state index in [0.717, 1.165) is 21.9 Å². The topological polar surface area (TPSA) is 104 Å². The minimum atomic E-state index is -2.19. The predicted octanol–water partition coefficient (Wildman–Crippen LogP) is 6.07. The number of amides is 4. The fraction of sp³-hybridized carbons (Fsp3) is 0.273. The summed E-state index contributed by atoms with van der Waals surface area (Å²) in [5, 5.41) is 11.5. The first kappa shape index (κ1) is 30.0. The predicted molar refractivity (Wildman–Crippen MR) is 168 cm³/mol. The maximum Gasteiger partial charge on any atom is 0.258 e. The Balaban J connectivity index is 1.44. The van der Waals surface area contributed by atoms with Gasteiger partial charge in [-0.3, -0.25) is 24.1 Å². The SMILES string of the molecule is COc1cc(Br)cc(C2C3=CCC4C(=O)N(c5ccccc5)C(=O)C4C3CC3(Cl)C(=O)N(c4ccc(F)cc4)C(=O)C23Cl)c1O. The van der Waals surface area contributed by atoms with E-state index in [9.17, 15) is 28.7 Å². The van der Waals surface area contributed by atoms with Crippen molar-refractivity contribution in [1.29, 1.82) is 0 Å². The number of methoxy groups -OCH3 is 1. The highest BCUT2D eigenvalue weighted by atomic mass is 79.9. The van der Waals surface area contributed by atoms with Gasteiger partial charge in [-0.15, -0.1) is 23.2 Å². The van der Waals surface area contributed by atoms with Crippen molar-refractivity contribution in [3.8, 4) is 11.5 Å². The van der Waals surface area contributed by atoms with Crippen LogP contribution < -0.4 is 14.5 Å². The molecule has 3 aromatic rings. The van der Waals surface area contributed by atoms with Gasteiger partial charge in [-0.2, -0.15) is 0 Å². The molecule has 0 spiro atoms. The van der Waals surface area contributed by atoms with Crippen molar-refractivity contribution in [2.45, 2.75) is 28.5 Å². The molecular weight excluding hydrogens is 690 g/mol. The Morgan fingerprint density at radius 3 is 2.24 bits per heavy atom. The zero-order chi connectivity index (χ0) is 32.0. The van der Waals surface area contributed by atoms with Crippen molar-refractivity contribution in [2.24, 2.45) is 17.8 Å². The average molecular weight is 714 g/mol. The standard InChI is InChI=1S/C33H24BrCl2FN2O6/c1-45-24-14-16(34)13-22(27(24)40)26-20-11-12-21-25(29(42)38(28(21)41)18-5-3-2-4-6-18)23(20)15-32(35)30(43)39(31(44)33(26,32)36)19-9-7-17(37)8-10-19/h2-11,13-14,21,23,25-26,40H,12,15H2,1H3. The minimum Gasteiger partial charge on any atom is -0.504 e. The number of halogens is 4. The lowest BCUT2D eigenvalue weighted by Crippen LogP contribution is -2.60. The van der Waals surface area contributed by atoms with Gasteiger partial charge in [-0.25, -0.2) is 9.29 Å². The molecule has 8 nitrogen and oxygen atoms in total. The first-order valence-electron chi connectivity index (χ1n) is 14.2. The van der Waals surface area contributed by atoms with Gasteiger partial charge < -0.3 is 9.84 Å². The summed E-state index contributed by atoms with van der Waals surface area (Å²) < 4.78 is 19.7.